The Morgan fingerprint density at radius 2 is 1.71 bits per heavy atom. The molecule has 1 aliphatic rings. The average molecular weight is 322 g/mol. The molecule has 0 saturated heterocycles. The van der Waals surface area contributed by atoms with Crippen molar-refractivity contribution in [3.63, 3.8) is 0 Å². The lowest BCUT2D eigenvalue weighted by Gasteiger charge is -2.22. The standard InChI is InChI=1S/C19H18N2O3/c22-18(15-5-2-1-3-6-15)20-17-10-8-14(9-11-17)16-7-4-12-21(13-16)19(23)24/h1-3,5-6,8-11,13H,4,7,12H2,(H,20,22)(H,23,24). The molecule has 2 aromatic carbocycles. The van der Waals surface area contributed by atoms with Gasteiger partial charge >= 0.3 is 6.09 Å². The summed E-state index contributed by atoms with van der Waals surface area (Å²) >= 11 is 0. The number of hydrogen-bond acceptors (Lipinski definition) is 2. The minimum Gasteiger partial charge on any atom is -0.465 e. The molecule has 5 nitrogen and oxygen atoms in total. The largest absolute Gasteiger partial charge is 0.465 e. The normalized spacial score (nSPS) is 14.0. The molecular weight excluding hydrogens is 304 g/mol. The summed E-state index contributed by atoms with van der Waals surface area (Å²) in [6.07, 6.45) is 2.41. The number of rotatable bonds is 3. The van der Waals surface area contributed by atoms with Gasteiger partial charge in [-0.05, 0) is 48.2 Å². The van der Waals surface area contributed by atoms with Gasteiger partial charge in [0.2, 0.25) is 0 Å². The minimum atomic E-state index is -0.932. The van der Waals surface area contributed by atoms with Gasteiger partial charge in [-0.2, -0.15) is 0 Å². The first-order chi connectivity index (χ1) is 11.6. The number of nitrogens with one attached hydrogen (secondary N) is 1. The van der Waals surface area contributed by atoms with Crippen molar-refractivity contribution in [2.45, 2.75) is 12.8 Å². The number of anilines is 1. The molecule has 0 saturated carbocycles. The molecule has 122 valence electrons. The van der Waals surface area contributed by atoms with Gasteiger partial charge in [-0.3, -0.25) is 9.69 Å². The zero-order chi connectivity index (χ0) is 16.9. The summed E-state index contributed by atoms with van der Waals surface area (Å²) in [4.78, 5) is 24.5. The van der Waals surface area contributed by atoms with Crippen LogP contribution in [0.25, 0.3) is 5.57 Å². The first-order valence-corrected chi connectivity index (χ1v) is 7.80. The van der Waals surface area contributed by atoms with Crippen LogP contribution < -0.4 is 5.32 Å². The van der Waals surface area contributed by atoms with E-state index in [-0.39, 0.29) is 5.91 Å². The molecule has 0 bridgehead atoms. The van der Waals surface area contributed by atoms with Crippen LogP contribution in [0.2, 0.25) is 0 Å². The molecular formula is C19H18N2O3. The van der Waals surface area contributed by atoms with E-state index in [2.05, 4.69) is 5.32 Å². The van der Waals surface area contributed by atoms with Crippen LogP contribution in [0, 0.1) is 0 Å². The highest BCUT2D eigenvalue weighted by molar-refractivity contribution is 6.04. The summed E-state index contributed by atoms with van der Waals surface area (Å²) < 4.78 is 0. The fourth-order valence-corrected chi connectivity index (χ4v) is 2.69. The van der Waals surface area contributed by atoms with Crippen LogP contribution in [0.5, 0.6) is 0 Å². The lowest BCUT2D eigenvalue weighted by Crippen LogP contribution is -2.27. The van der Waals surface area contributed by atoms with Crippen molar-refractivity contribution < 1.29 is 14.7 Å². The maximum Gasteiger partial charge on any atom is 0.411 e. The molecule has 0 aliphatic carbocycles. The van der Waals surface area contributed by atoms with E-state index in [1.54, 1.807) is 18.3 Å². The Hall–Kier alpha value is -3.08. The van der Waals surface area contributed by atoms with Crippen molar-refractivity contribution in [2.24, 2.45) is 0 Å². The number of carbonyl (C=O) groups is 2. The van der Waals surface area contributed by atoms with Crippen molar-refractivity contribution in [3.05, 3.63) is 71.9 Å². The van der Waals surface area contributed by atoms with Gasteiger partial charge in [-0.25, -0.2) is 4.79 Å². The Labute approximate surface area is 140 Å². The highest BCUT2D eigenvalue weighted by atomic mass is 16.4. The number of carbonyl (C=O) groups excluding carboxylic acids is 1. The Balaban J connectivity index is 1.72. The molecule has 1 heterocycles. The zero-order valence-corrected chi connectivity index (χ0v) is 13.1. The van der Waals surface area contributed by atoms with Crippen molar-refractivity contribution >= 4 is 23.3 Å². The molecule has 0 atom stereocenters. The Morgan fingerprint density at radius 3 is 2.38 bits per heavy atom. The van der Waals surface area contributed by atoms with Gasteiger partial charge in [0.05, 0.1) is 0 Å². The van der Waals surface area contributed by atoms with Crippen LogP contribution in [0.1, 0.15) is 28.8 Å². The molecule has 2 amide bonds. The maximum absolute atomic E-state index is 12.1. The summed E-state index contributed by atoms with van der Waals surface area (Å²) in [5, 5.41) is 11.9. The molecule has 0 radical (unpaired) electrons. The fourth-order valence-electron chi connectivity index (χ4n) is 2.69. The number of carboxylic acid groups (broad SMARTS) is 1. The molecule has 1 aliphatic heterocycles. The second-order valence-electron chi connectivity index (χ2n) is 5.63. The maximum atomic E-state index is 12.1. The second-order valence-corrected chi connectivity index (χ2v) is 5.63. The monoisotopic (exact) mass is 322 g/mol. The summed E-state index contributed by atoms with van der Waals surface area (Å²) in [5.41, 5.74) is 3.27. The molecule has 5 heteroatoms. The molecule has 2 aromatic rings. The van der Waals surface area contributed by atoms with E-state index in [1.807, 2.05) is 42.5 Å². The lowest BCUT2D eigenvalue weighted by molar-refractivity contribution is 0.102. The summed E-state index contributed by atoms with van der Waals surface area (Å²) in [7, 11) is 0. The number of benzene rings is 2. The van der Waals surface area contributed by atoms with E-state index in [4.69, 9.17) is 5.11 Å². The van der Waals surface area contributed by atoms with Crippen molar-refractivity contribution in [1.82, 2.24) is 4.90 Å². The summed E-state index contributed by atoms with van der Waals surface area (Å²) in [6.45, 7) is 0.532. The first-order valence-electron chi connectivity index (χ1n) is 7.80. The lowest BCUT2D eigenvalue weighted by atomic mass is 9.99. The molecule has 0 fully saturated rings. The Kier molecular flexibility index (Phi) is 4.61. The van der Waals surface area contributed by atoms with Gasteiger partial charge in [0.1, 0.15) is 0 Å². The third-order valence-electron chi connectivity index (χ3n) is 3.95. The number of nitrogens with zero attached hydrogens (tertiary/aromatic N) is 1. The van der Waals surface area contributed by atoms with Crippen LogP contribution in [-0.2, 0) is 0 Å². The predicted octanol–water partition coefficient (Wildman–Crippen LogP) is 4.05. The molecule has 0 spiro atoms. The number of allylic oxidation sites excluding steroid dienone is 1. The minimum absolute atomic E-state index is 0.155. The molecule has 2 N–H and O–H groups in total. The van der Waals surface area contributed by atoms with E-state index < -0.39 is 6.09 Å². The summed E-state index contributed by atoms with van der Waals surface area (Å²) in [5.74, 6) is -0.155. The first kappa shape index (κ1) is 15.8. The Bertz CT molecular complexity index is 767. The summed E-state index contributed by atoms with van der Waals surface area (Å²) in [6, 6.07) is 16.5. The molecule has 0 aromatic heterocycles. The van der Waals surface area contributed by atoms with Crippen molar-refractivity contribution in [2.75, 3.05) is 11.9 Å². The predicted molar refractivity (Wildman–Crippen MR) is 92.8 cm³/mol. The van der Waals surface area contributed by atoms with Crippen molar-refractivity contribution in [3.8, 4) is 0 Å². The van der Waals surface area contributed by atoms with Gasteiger partial charge in [0, 0.05) is 24.0 Å². The SMILES string of the molecule is O=C(Nc1ccc(C2=CN(C(=O)O)CCC2)cc1)c1ccccc1. The van der Waals surface area contributed by atoms with Gasteiger partial charge < -0.3 is 10.4 Å². The third-order valence-corrected chi connectivity index (χ3v) is 3.95. The Morgan fingerprint density at radius 1 is 1.00 bits per heavy atom. The number of amides is 2. The van der Waals surface area contributed by atoms with Crippen LogP contribution in [0.3, 0.4) is 0 Å². The van der Waals surface area contributed by atoms with Crippen LogP contribution in [-0.4, -0.2) is 28.6 Å². The van der Waals surface area contributed by atoms with Gasteiger partial charge in [0.25, 0.3) is 5.91 Å². The van der Waals surface area contributed by atoms with E-state index in [1.165, 1.54) is 4.90 Å². The van der Waals surface area contributed by atoms with Crippen molar-refractivity contribution in [1.29, 1.82) is 0 Å². The van der Waals surface area contributed by atoms with E-state index in [0.717, 1.165) is 24.0 Å². The highest BCUT2D eigenvalue weighted by Gasteiger charge is 2.16. The third kappa shape index (κ3) is 3.63. The van der Waals surface area contributed by atoms with Gasteiger partial charge in [0.15, 0.2) is 0 Å². The smallest absolute Gasteiger partial charge is 0.411 e. The zero-order valence-electron chi connectivity index (χ0n) is 13.1. The van der Waals surface area contributed by atoms with Crippen LogP contribution in [0.15, 0.2) is 60.8 Å². The average Bonchev–Trinajstić information content (AvgIpc) is 2.63. The number of hydrogen-bond donors (Lipinski definition) is 2. The van der Waals surface area contributed by atoms with E-state index in [0.29, 0.717) is 17.8 Å². The van der Waals surface area contributed by atoms with Gasteiger partial charge in [-0.15, -0.1) is 0 Å². The van der Waals surface area contributed by atoms with Gasteiger partial charge in [-0.1, -0.05) is 30.3 Å². The van der Waals surface area contributed by atoms with E-state index >= 15 is 0 Å². The van der Waals surface area contributed by atoms with E-state index in [9.17, 15) is 9.59 Å². The fraction of sp³-hybridized carbons (Fsp3) is 0.158. The highest BCUT2D eigenvalue weighted by Crippen LogP contribution is 2.26. The quantitative estimate of drug-likeness (QED) is 0.895. The van der Waals surface area contributed by atoms with Crippen LogP contribution >= 0.6 is 0 Å². The molecule has 24 heavy (non-hydrogen) atoms. The van der Waals surface area contributed by atoms with Crippen LogP contribution in [0.4, 0.5) is 10.5 Å². The molecule has 3 rings (SSSR count). The topological polar surface area (TPSA) is 69.6 Å². The molecule has 0 unspecified atom stereocenters. The second kappa shape index (κ2) is 7.00.